The van der Waals surface area contributed by atoms with Crippen LogP contribution in [0.2, 0.25) is 0 Å². The van der Waals surface area contributed by atoms with Gasteiger partial charge in [0.1, 0.15) is 10.7 Å². The van der Waals surface area contributed by atoms with Crippen LogP contribution in [0.15, 0.2) is 27.9 Å². The van der Waals surface area contributed by atoms with Crippen molar-refractivity contribution in [2.75, 3.05) is 0 Å². The minimum absolute atomic E-state index is 0.133. The minimum Gasteiger partial charge on any atom is -0.319 e. The maximum atomic E-state index is 12.3. The van der Waals surface area contributed by atoms with Gasteiger partial charge in [0, 0.05) is 29.8 Å². The average Bonchev–Trinajstić information content (AvgIpc) is 2.77. The average molecular weight is 301 g/mol. The molecule has 3 rings (SSSR count). The molecule has 0 unspecified atom stereocenters. The van der Waals surface area contributed by atoms with Crippen LogP contribution >= 0.6 is 11.3 Å². The first-order chi connectivity index (χ1) is 10.0. The van der Waals surface area contributed by atoms with E-state index in [9.17, 15) is 9.59 Å². The lowest BCUT2D eigenvalue weighted by atomic mass is 10.1. The third-order valence-electron chi connectivity index (χ3n) is 3.59. The Morgan fingerprint density at radius 1 is 1.38 bits per heavy atom. The number of aromatic nitrogens is 3. The predicted octanol–water partition coefficient (Wildman–Crippen LogP) is 2.22. The molecule has 0 spiro atoms. The standard InChI is InChI=1S/C15H15N3O2S/c1-4-10-8(2)21-15-12(10)14(20)16-13(17-15)9-5-6-18(3)11(19)7-9/h5-7H,4H2,1-3H3,(H,16,17,20). The van der Waals surface area contributed by atoms with Crippen LogP contribution in [-0.2, 0) is 13.5 Å². The molecular weight excluding hydrogens is 286 g/mol. The van der Waals surface area contributed by atoms with E-state index < -0.39 is 0 Å². The maximum absolute atomic E-state index is 12.3. The van der Waals surface area contributed by atoms with E-state index in [1.807, 2.05) is 13.8 Å². The van der Waals surface area contributed by atoms with E-state index in [-0.39, 0.29) is 11.1 Å². The third kappa shape index (κ3) is 2.21. The molecule has 0 saturated carbocycles. The van der Waals surface area contributed by atoms with E-state index in [1.165, 1.54) is 22.0 Å². The van der Waals surface area contributed by atoms with Gasteiger partial charge in [-0.05, 0) is 25.0 Å². The van der Waals surface area contributed by atoms with Gasteiger partial charge in [-0.25, -0.2) is 4.98 Å². The highest BCUT2D eigenvalue weighted by Crippen LogP contribution is 2.28. The molecule has 3 heterocycles. The molecule has 3 aromatic heterocycles. The molecule has 5 nitrogen and oxygen atoms in total. The zero-order valence-corrected chi connectivity index (χ0v) is 12.9. The molecule has 0 fully saturated rings. The summed E-state index contributed by atoms with van der Waals surface area (Å²) >= 11 is 1.52. The molecule has 0 atom stereocenters. The smallest absolute Gasteiger partial charge is 0.260 e. The number of pyridine rings is 1. The molecule has 3 aromatic rings. The summed E-state index contributed by atoms with van der Waals surface area (Å²) < 4.78 is 1.48. The lowest BCUT2D eigenvalue weighted by molar-refractivity contribution is 0.860. The number of hydrogen-bond donors (Lipinski definition) is 1. The van der Waals surface area contributed by atoms with Crippen molar-refractivity contribution in [3.8, 4) is 11.4 Å². The largest absolute Gasteiger partial charge is 0.319 e. The molecule has 21 heavy (non-hydrogen) atoms. The topological polar surface area (TPSA) is 67.8 Å². The van der Waals surface area contributed by atoms with Crippen molar-refractivity contribution in [3.63, 3.8) is 0 Å². The first-order valence-electron chi connectivity index (χ1n) is 6.70. The van der Waals surface area contributed by atoms with Crippen LogP contribution in [0.5, 0.6) is 0 Å². The molecule has 0 saturated heterocycles. The lowest BCUT2D eigenvalue weighted by Crippen LogP contribution is -2.15. The van der Waals surface area contributed by atoms with Gasteiger partial charge in [0.2, 0.25) is 0 Å². The summed E-state index contributed by atoms with van der Waals surface area (Å²) in [6.45, 7) is 4.03. The van der Waals surface area contributed by atoms with Gasteiger partial charge in [-0.3, -0.25) is 9.59 Å². The van der Waals surface area contributed by atoms with Crippen LogP contribution in [-0.4, -0.2) is 14.5 Å². The van der Waals surface area contributed by atoms with Gasteiger partial charge < -0.3 is 9.55 Å². The molecule has 0 aliphatic carbocycles. The molecule has 1 N–H and O–H groups in total. The third-order valence-corrected chi connectivity index (χ3v) is 4.64. The van der Waals surface area contributed by atoms with Crippen molar-refractivity contribution >= 4 is 21.6 Å². The predicted molar refractivity (Wildman–Crippen MR) is 85.0 cm³/mol. The highest BCUT2D eigenvalue weighted by molar-refractivity contribution is 7.18. The lowest BCUT2D eigenvalue weighted by Gasteiger charge is -2.02. The fraction of sp³-hybridized carbons (Fsp3) is 0.267. The Balaban J connectivity index is 2.28. The number of rotatable bonds is 2. The molecule has 0 aliphatic heterocycles. The van der Waals surface area contributed by atoms with Crippen LogP contribution in [0.1, 0.15) is 17.4 Å². The molecule has 0 amide bonds. The highest BCUT2D eigenvalue weighted by atomic mass is 32.1. The summed E-state index contributed by atoms with van der Waals surface area (Å²) in [6, 6.07) is 3.25. The quantitative estimate of drug-likeness (QED) is 0.789. The Labute approximate surface area is 124 Å². The van der Waals surface area contributed by atoms with E-state index in [2.05, 4.69) is 9.97 Å². The first kappa shape index (κ1) is 13.8. The van der Waals surface area contributed by atoms with Crippen molar-refractivity contribution in [2.45, 2.75) is 20.3 Å². The molecule has 6 heteroatoms. The number of nitrogens with zero attached hydrogens (tertiary/aromatic N) is 2. The van der Waals surface area contributed by atoms with Gasteiger partial charge in [0.05, 0.1) is 5.39 Å². The van der Waals surface area contributed by atoms with E-state index >= 15 is 0 Å². The van der Waals surface area contributed by atoms with E-state index in [1.54, 1.807) is 19.3 Å². The van der Waals surface area contributed by atoms with Gasteiger partial charge in [0.15, 0.2) is 0 Å². The zero-order chi connectivity index (χ0) is 15.1. The van der Waals surface area contributed by atoms with Crippen molar-refractivity contribution in [3.05, 3.63) is 49.5 Å². The maximum Gasteiger partial charge on any atom is 0.260 e. The van der Waals surface area contributed by atoms with Crippen LogP contribution in [0.25, 0.3) is 21.6 Å². The number of aryl methyl sites for hydroxylation is 3. The van der Waals surface area contributed by atoms with Crippen molar-refractivity contribution in [1.29, 1.82) is 0 Å². The number of fused-ring (bicyclic) bond motifs is 1. The van der Waals surface area contributed by atoms with Gasteiger partial charge in [-0.2, -0.15) is 0 Å². The Morgan fingerprint density at radius 2 is 2.14 bits per heavy atom. The number of nitrogens with one attached hydrogen (secondary N) is 1. The number of H-pyrrole nitrogens is 1. The van der Waals surface area contributed by atoms with Gasteiger partial charge >= 0.3 is 0 Å². The number of aromatic amines is 1. The second kappa shape index (κ2) is 4.96. The molecule has 0 aliphatic rings. The summed E-state index contributed by atoms with van der Waals surface area (Å²) in [5.41, 5.74) is 1.41. The fourth-order valence-corrected chi connectivity index (χ4v) is 3.55. The summed E-state index contributed by atoms with van der Waals surface area (Å²) in [7, 11) is 1.68. The number of hydrogen-bond acceptors (Lipinski definition) is 4. The molecule has 108 valence electrons. The Morgan fingerprint density at radius 3 is 2.81 bits per heavy atom. The van der Waals surface area contributed by atoms with Gasteiger partial charge in [0.25, 0.3) is 11.1 Å². The van der Waals surface area contributed by atoms with Crippen molar-refractivity contribution in [2.24, 2.45) is 7.05 Å². The monoisotopic (exact) mass is 301 g/mol. The van der Waals surface area contributed by atoms with Crippen LogP contribution in [0.4, 0.5) is 0 Å². The molecular formula is C15H15N3O2S. The molecule has 0 bridgehead atoms. The summed E-state index contributed by atoms with van der Waals surface area (Å²) in [4.78, 5) is 33.2. The first-order valence-corrected chi connectivity index (χ1v) is 7.52. The molecule has 0 aromatic carbocycles. The van der Waals surface area contributed by atoms with Crippen LogP contribution in [0.3, 0.4) is 0 Å². The van der Waals surface area contributed by atoms with E-state index in [0.29, 0.717) is 16.8 Å². The fourth-order valence-electron chi connectivity index (χ4n) is 2.43. The van der Waals surface area contributed by atoms with Crippen molar-refractivity contribution < 1.29 is 0 Å². The van der Waals surface area contributed by atoms with E-state index in [0.717, 1.165) is 21.7 Å². The zero-order valence-electron chi connectivity index (χ0n) is 12.1. The second-order valence-corrected chi connectivity index (χ2v) is 6.15. The summed E-state index contributed by atoms with van der Waals surface area (Å²) in [6.07, 6.45) is 2.47. The van der Waals surface area contributed by atoms with E-state index in [4.69, 9.17) is 0 Å². The summed E-state index contributed by atoms with van der Waals surface area (Å²) in [5, 5.41) is 0.674. The van der Waals surface area contributed by atoms with Gasteiger partial charge in [-0.15, -0.1) is 11.3 Å². The van der Waals surface area contributed by atoms with Gasteiger partial charge in [-0.1, -0.05) is 6.92 Å². The van der Waals surface area contributed by atoms with Crippen LogP contribution in [0, 0.1) is 6.92 Å². The number of thiophene rings is 1. The second-order valence-electron chi connectivity index (χ2n) is 4.95. The highest BCUT2D eigenvalue weighted by Gasteiger charge is 2.14. The normalized spacial score (nSPS) is 11.2. The Kier molecular flexibility index (Phi) is 3.25. The van der Waals surface area contributed by atoms with Crippen molar-refractivity contribution in [1.82, 2.24) is 14.5 Å². The molecule has 0 radical (unpaired) electrons. The minimum atomic E-state index is -0.142. The SMILES string of the molecule is CCc1c(C)sc2nc(-c3ccn(C)c(=O)c3)[nH]c(=O)c12. The summed E-state index contributed by atoms with van der Waals surface area (Å²) in [5.74, 6) is 0.439. The Hall–Kier alpha value is -2.21. The Bertz CT molecular complexity index is 950. The van der Waals surface area contributed by atoms with Crippen LogP contribution < -0.4 is 11.1 Å².